The minimum atomic E-state index is -0.819. The van der Waals surface area contributed by atoms with E-state index >= 15 is 0 Å². The SMILES string of the molecule is CCOC(=O)C1=C(C)N=c2s/c(=C/c3cccc(OC)c3OCc3ccccc3Cl)c(=O)n2[C@H]1c1ccc(OC(C)C)c(OC)c1. The summed E-state index contributed by atoms with van der Waals surface area (Å²) in [6, 6.07) is 17.4. The first-order chi connectivity index (χ1) is 22.2. The van der Waals surface area contributed by atoms with Crippen LogP contribution in [0.3, 0.4) is 0 Å². The molecule has 3 aromatic carbocycles. The van der Waals surface area contributed by atoms with Crippen LogP contribution in [-0.4, -0.2) is 37.5 Å². The summed E-state index contributed by atoms with van der Waals surface area (Å²) >= 11 is 7.58. The Labute approximate surface area is 275 Å². The van der Waals surface area contributed by atoms with Crippen LogP contribution in [-0.2, 0) is 16.1 Å². The van der Waals surface area contributed by atoms with Gasteiger partial charge in [-0.25, -0.2) is 9.79 Å². The third kappa shape index (κ3) is 6.68. The molecule has 0 amide bonds. The molecule has 1 aliphatic rings. The van der Waals surface area contributed by atoms with E-state index in [1.54, 1.807) is 58.4 Å². The van der Waals surface area contributed by atoms with E-state index in [2.05, 4.69) is 4.99 Å². The number of fused-ring (bicyclic) bond motifs is 1. The van der Waals surface area contributed by atoms with Gasteiger partial charge in [0.1, 0.15) is 6.61 Å². The van der Waals surface area contributed by atoms with Gasteiger partial charge in [-0.3, -0.25) is 9.36 Å². The molecule has 240 valence electrons. The molecule has 2 heterocycles. The first-order valence-corrected chi connectivity index (χ1v) is 15.9. The van der Waals surface area contributed by atoms with Gasteiger partial charge in [0.25, 0.3) is 5.56 Å². The van der Waals surface area contributed by atoms with Crippen molar-refractivity contribution in [2.75, 3.05) is 20.8 Å². The Balaban J connectivity index is 1.66. The molecule has 0 spiro atoms. The summed E-state index contributed by atoms with van der Waals surface area (Å²) in [4.78, 5) is 32.7. The van der Waals surface area contributed by atoms with Crippen molar-refractivity contribution in [2.24, 2.45) is 4.99 Å². The molecule has 0 fully saturated rings. The third-order valence-corrected chi connectivity index (χ3v) is 8.58. The fourth-order valence-corrected chi connectivity index (χ4v) is 6.41. The fourth-order valence-electron chi connectivity index (χ4n) is 5.18. The molecule has 4 aromatic rings. The summed E-state index contributed by atoms with van der Waals surface area (Å²) in [5.74, 6) is 1.44. The highest BCUT2D eigenvalue weighted by Gasteiger charge is 2.34. The molecular weight excluding hydrogens is 628 g/mol. The normalized spacial score (nSPS) is 14.5. The van der Waals surface area contributed by atoms with Gasteiger partial charge in [-0.15, -0.1) is 0 Å². The predicted octanol–water partition coefficient (Wildman–Crippen LogP) is 5.84. The Hall–Kier alpha value is -4.54. The topological polar surface area (TPSA) is 97.6 Å². The van der Waals surface area contributed by atoms with Crippen molar-refractivity contribution >= 4 is 35.0 Å². The monoisotopic (exact) mass is 662 g/mol. The molecule has 1 atom stereocenters. The third-order valence-electron chi connectivity index (χ3n) is 7.23. The lowest BCUT2D eigenvalue weighted by Gasteiger charge is -2.25. The van der Waals surface area contributed by atoms with Crippen LogP contribution in [0, 0.1) is 0 Å². The molecule has 5 rings (SSSR count). The molecule has 0 aliphatic carbocycles. The number of thiazole rings is 1. The Morgan fingerprint density at radius 2 is 1.80 bits per heavy atom. The van der Waals surface area contributed by atoms with E-state index < -0.39 is 12.0 Å². The van der Waals surface area contributed by atoms with Crippen LogP contribution in [0.1, 0.15) is 50.4 Å². The highest BCUT2D eigenvalue weighted by Crippen LogP contribution is 2.37. The lowest BCUT2D eigenvalue weighted by Crippen LogP contribution is -2.40. The van der Waals surface area contributed by atoms with Crippen LogP contribution in [0.4, 0.5) is 0 Å². The average Bonchev–Trinajstić information content (AvgIpc) is 3.34. The number of hydrogen-bond donors (Lipinski definition) is 0. The molecule has 0 saturated carbocycles. The van der Waals surface area contributed by atoms with Gasteiger partial charge < -0.3 is 23.7 Å². The van der Waals surface area contributed by atoms with Gasteiger partial charge in [-0.05, 0) is 63.6 Å². The maximum atomic E-state index is 14.3. The molecule has 0 N–H and O–H groups in total. The molecule has 46 heavy (non-hydrogen) atoms. The van der Waals surface area contributed by atoms with Crippen LogP contribution >= 0.6 is 22.9 Å². The number of allylic oxidation sites excluding steroid dienone is 1. The van der Waals surface area contributed by atoms with E-state index in [-0.39, 0.29) is 30.5 Å². The van der Waals surface area contributed by atoms with Gasteiger partial charge >= 0.3 is 5.97 Å². The number of hydrogen-bond acceptors (Lipinski definition) is 9. The van der Waals surface area contributed by atoms with Gasteiger partial charge in [-0.1, -0.05) is 59.3 Å². The lowest BCUT2D eigenvalue weighted by molar-refractivity contribution is -0.139. The van der Waals surface area contributed by atoms with Gasteiger partial charge in [-0.2, -0.15) is 0 Å². The van der Waals surface area contributed by atoms with Crippen LogP contribution in [0.15, 0.2) is 81.7 Å². The zero-order valence-electron chi connectivity index (χ0n) is 26.5. The summed E-state index contributed by atoms with van der Waals surface area (Å²) in [7, 11) is 3.10. The highest BCUT2D eigenvalue weighted by molar-refractivity contribution is 7.07. The van der Waals surface area contributed by atoms with E-state index in [9.17, 15) is 9.59 Å². The fraction of sp³-hybridized carbons (Fsp3) is 0.286. The largest absolute Gasteiger partial charge is 0.493 e. The standard InChI is InChI=1S/C35H35ClN2O7S/c1-7-43-34(40)30-21(4)37-35-38(31(30)22-15-16-26(45-20(2)3)28(17-22)42-6)33(39)29(46-35)18-23-12-10-14-27(41-5)32(23)44-19-24-11-8-9-13-25(24)36/h8-18,20,31H,7,19H2,1-6H3/b29-18+/t31-/m0/s1. The zero-order chi connectivity index (χ0) is 33.0. The summed E-state index contributed by atoms with van der Waals surface area (Å²) in [6.45, 7) is 7.69. The van der Waals surface area contributed by atoms with Gasteiger partial charge in [0.15, 0.2) is 27.8 Å². The smallest absolute Gasteiger partial charge is 0.338 e. The number of carbonyl (C=O) groups is 1. The Bertz CT molecular complexity index is 1980. The molecule has 0 radical (unpaired) electrons. The minimum absolute atomic E-state index is 0.0789. The number of ether oxygens (including phenoxy) is 5. The van der Waals surface area contributed by atoms with Crippen molar-refractivity contribution in [2.45, 2.75) is 46.4 Å². The summed E-state index contributed by atoms with van der Waals surface area (Å²) in [5, 5.41) is 0.584. The molecule has 0 saturated heterocycles. The summed E-state index contributed by atoms with van der Waals surface area (Å²) in [6.07, 6.45) is 1.67. The Morgan fingerprint density at radius 1 is 1.04 bits per heavy atom. The maximum Gasteiger partial charge on any atom is 0.338 e. The second kappa shape index (κ2) is 14.3. The zero-order valence-corrected chi connectivity index (χ0v) is 28.0. The number of para-hydroxylation sites is 1. The van der Waals surface area contributed by atoms with Crippen molar-refractivity contribution in [3.63, 3.8) is 0 Å². The number of benzene rings is 3. The van der Waals surface area contributed by atoms with E-state index in [0.717, 1.165) is 5.56 Å². The van der Waals surface area contributed by atoms with E-state index in [0.29, 0.717) is 54.2 Å². The molecular formula is C35H35ClN2O7S. The summed E-state index contributed by atoms with van der Waals surface area (Å²) in [5.41, 5.74) is 2.48. The Morgan fingerprint density at radius 3 is 2.50 bits per heavy atom. The number of nitrogens with zero attached hydrogens (tertiary/aromatic N) is 2. The number of halogens is 1. The van der Waals surface area contributed by atoms with Gasteiger partial charge in [0.2, 0.25) is 0 Å². The van der Waals surface area contributed by atoms with Crippen LogP contribution in [0.2, 0.25) is 5.02 Å². The summed E-state index contributed by atoms with van der Waals surface area (Å²) < 4.78 is 30.7. The first-order valence-electron chi connectivity index (χ1n) is 14.7. The van der Waals surface area contributed by atoms with Crippen molar-refractivity contribution in [1.82, 2.24) is 4.57 Å². The average molecular weight is 663 g/mol. The van der Waals surface area contributed by atoms with Crippen molar-refractivity contribution in [3.8, 4) is 23.0 Å². The van der Waals surface area contributed by atoms with Crippen LogP contribution in [0.25, 0.3) is 6.08 Å². The van der Waals surface area contributed by atoms with E-state index in [1.165, 1.54) is 15.9 Å². The molecule has 11 heteroatoms. The lowest BCUT2D eigenvalue weighted by atomic mass is 9.95. The minimum Gasteiger partial charge on any atom is -0.493 e. The van der Waals surface area contributed by atoms with Gasteiger partial charge in [0, 0.05) is 16.1 Å². The predicted molar refractivity (Wildman–Crippen MR) is 178 cm³/mol. The van der Waals surface area contributed by atoms with Crippen LogP contribution in [0.5, 0.6) is 23.0 Å². The number of esters is 1. The second-order valence-corrected chi connectivity index (χ2v) is 12.1. The van der Waals surface area contributed by atoms with Crippen LogP contribution < -0.4 is 33.8 Å². The second-order valence-electron chi connectivity index (χ2n) is 10.6. The maximum absolute atomic E-state index is 14.3. The number of carbonyl (C=O) groups excluding carboxylic acids is 1. The molecule has 0 unspecified atom stereocenters. The molecule has 0 bridgehead atoms. The van der Waals surface area contributed by atoms with Crippen molar-refractivity contribution in [1.29, 1.82) is 0 Å². The molecule has 1 aliphatic heterocycles. The molecule has 1 aromatic heterocycles. The van der Waals surface area contributed by atoms with E-state index in [1.807, 2.05) is 50.2 Å². The number of rotatable bonds is 11. The quantitative estimate of drug-likeness (QED) is 0.186. The number of methoxy groups -OCH3 is 2. The first kappa shape index (κ1) is 32.8. The van der Waals surface area contributed by atoms with Crippen molar-refractivity contribution in [3.05, 3.63) is 113 Å². The van der Waals surface area contributed by atoms with E-state index in [4.69, 9.17) is 35.3 Å². The number of aromatic nitrogens is 1. The van der Waals surface area contributed by atoms with Crippen molar-refractivity contribution < 1.29 is 28.5 Å². The highest BCUT2D eigenvalue weighted by atomic mass is 35.5. The van der Waals surface area contributed by atoms with Gasteiger partial charge in [0.05, 0.1) is 48.8 Å². The molecule has 9 nitrogen and oxygen atoms in total. The Kier molecular flexibility index (Phi) is 10.2.